The molecule has 0 saturated carbocycles. The first-order chi connectivity index (χ1) is 20.7. The monoisotopic (exact) mass is 575 g/mol. The average molecular weight is 576 g/mol. The number of nitrogens with zero attached hydrogens (tertiary/aromatic N) is 2. The molecule has 0 aliphatic carbocycles. The Hall–Kier alpha value is -5.15. The van der Waals surface area contributed by atoms with Crippen LogP contribution in [0.5, 0.6) is 5.75 Å². The highest BCUT2D eigenvalue weighted by Crippen LogP contribution is 2.39. The number of fused-ring (bicyclic) bond motifs is 3. The van der Waals surface area contributed by atoms with Gasteiger partial charge in [0.25, 0.3) is 17.7 Å². The normalized spacial score (nSPS) is 13.8. The van der Waals surface area contributed by atoms with Crippen molar-refractivity contribution in [3.8, 4) is 16.9 Å². The number of carbonyl (C=O) groups is 3. The molecule has 0 unspecified atom stereocenters. The van der Waals surface area contributed by atoms with Crippen LogP contribution in [0.4, 0.5) is 5.69 Å². The lowest BCUT2D eigenvalue weighted by Gasteiger charge is -2.32. The van der Waals surface area contributed by atoms with Crippen molar-refractivity contribution >= 4 is 45.2 Å². The van der Waals surface area contributed by atoms with Gasteiger partial charge in [-0.3, -0.25) is 14.4 Å². The van der Waals surface area contributed by atoms with Crippen molar-refractivity contribution in [3.05, 3.63) is 95.1 Å². The Bertz CT molecular complexity index is 1890. The third kappa shape index (κ3) is 5.19. The van der Waals surface area contributed by atoms with Crippen LogP contribution < -0.4 is 15.8 Å². The van der Waals surface area contributed by atoms with Gasteiger partial charge in [-0.1, -0.05) is 24.3 Å². The number of amides is 3. The van der Waals surface area contributed by atoms with Gasteiger partial charge in [-0.2, -0.15) is 0 Å². The molecule has 2 heterocycles. The van der Waals surface area contributed by atoms with E-state index in [1.54, 1.807) is 37.4 Å². The summed E-state index contributed by atoms with van der Waals surface area (Å²) in [5.41, 5.74) is 11.9. The first kappa shape index (κ1) is 28.0. The molecule has 0 radical (unpaired) electrons. The lowest BCUT2D eigenvalue weighted by atomic mass is 9.93. The summed E-state index contributed by atoms with van der Waals surface area (Å²) in [5.74, 6) is -0.122. The molecule has 218 valence electrons. The van der Waals surface area contributed by atoms with Crippen LogP contribution in [0, 0.1) is 6.92 Å². The number of rotatable bonds is 6. The molecule has 6 rings (SSSR count). The van der Waals surface area contributed by atoms with E-state index in [9.17, 15) is 14.4 Å². The first-order valence-corrected chi connectivity index (χ1v) is 14.2. The van der Waals surface area contributed by atoms with Crippen LogP contribution in [0.15, 0.2) is 72.8 Å². The van der Waals surface area contributed by atoms with Gasteiger partial charge in [0.15, 0.2) is 0 Å². The summed E-state index contributed by atoms with van der Waals surface area (Å²) >= 11 is 0. The first-order valence-electron chi connectivity index (χ1n) is 14.2. The van der Waals surface area contributed by atoms with E-state index in [0.717, 1.165) is 46.1 Å². The van der Waals surface area contributed by atoms with E-state index < -0.39 is 5.91 Å². The summed E-state index contributed by atoms with van der Waals surface area (Å²) < 4.78 is 5.20. The molecule has 0 spiro atoms. The van der Waals surface area contributed by atoms with Gasteiger partial charge >= 0.3 is 0 Å². The second kappa shape index (κ2) is 11.3. The van der Waals surface area contributed by atoms with E-state index >= 15 is 0 Å². The van der Waals surface area contributed by atoms with E-state index in [1.165, 1.54) is 0 Å². The molecule has 0 atom stereocenters. The van der Waals surface area contributed by atoms with Gasteiger partial charge in [0.2, 0.25) is 0 Å². The predicted molar refractivity (Wildman–Crippen MR) is 169 cm³/mol. The second-order valence-corrected chi connectivity index (χ2v) is 10.9. The molecule has 1 aromatic heterocycles. The van der Waals surface area contributed by atoms with Crippen LogP contribution >= 0.6 is 0 Å². The molecule has 1 fully saturated rings. The molecule has 9 nitrogen and oxygen atoms in total. The fraction of sp³-hybridized carbons (Fsp3) is 0.206. The Morgan fingerprint density at radius 3 is 2.30 bits per heavy atom. The van der Waals surface area contributed by atoms with Crippen molar-refractivity contribution in [2.24, 2.45) is 5.73 Å². The van der Waals surface area contributed by atoms with E-state index in [1.807, 2.05) is 54.3 Å². The minimum Gasteiger partial charge on any atom is -0.497 e. The maximum absolute atomic E-state index is 13.3. The number of aromatic amines is 1. The molecule has 1 saturated heterocycles. The lowest BCUT2D eigenvalue weighted by molar-refractivity contribution is 0.0664. The number of nitrogens with one attached hydrogen (secondary N) is 2. The zero-order valence-electron chi connectivity index (χ0n) is 24.4. The summed E-state index contributed by atoms with van der Waals surface area (Å²) in [6, 6.07) is 21.9. The summed E-state index contributed by atoms with van der Waals surface area (Å²) in [4.78, 5) is 46.3. The van der Waals surface area contributed by atoms with Crippen molar-refractivity contribution in [2.75, 3.05) is 45.7 Å². The summed E-state index contributed by atoms with van der Waals surface area (Å²) in [6.45, 7) is 4.99. The number of carbonyl (C=O) groups excluding carboxylic acids is 3. The Morgan fingerprint density at radius 1 is 0.884 bits per heavy atom. The maximum Gasteiger partial charge on any atom is 0.255 e. The number of piperazine rings is 1. The number of likely N-dealkylation sites (N-methyl/N-ethyl adjacent to an activating group) is 1. The van der Waals surface area contributed by atoms with Crippen LogP contribution in [0.1, 0.15) is 36.6 Å². The maximum atomic E-state index is 13.3. The topological polar surface area (TPSA) is 121 Å². The highest BCUT2D eigenvalue weighted by molar-refractivity contribution is 6.20. The Kier molecular flexibility index (Phi) is 7.33. The summed E-state index contributed by atoms with van der Waals surface area (Å²) in [6.07, 6.45) is 0. The van der Waals surface area contributed by atoms with Gasteiger partial charge in [-0.25, -0.2) is 0 Å². The lowest BCUT2D eigenvalue weighted by Crippen LogP contribution is -2.47. The van der Waals surface area contributed by atoms with Crippen LogP contribution in [-0.2, 0) is 0 Å². The predicted octanol–water partition coefficient (Wildman–Crippen LogP) is 5.04. The number of methoxy groups -OCH3 is 1. The largest absolute Gasteiger partial charge is 0.497 e. The third-order valence-electron chi connectivity index (χ3n) is 8.28. The number of benzene rings is 4. The van der Waals surface area contributed by atoms with Crippen LogP contribution in [0.3, 0.4) is 0 Å². The number of ether oxygens (including phenoxy) is 1. The van der Waals surface area contributed by atoms with Gasteiger partial charge in [0, 0.05) is 59.3 Å². The van der Waals surface area contributed by atoms with Crippen molar-refractivity contribution in [3.63, 3.8) is 0 Å². The molecule has 9 heteroatoms. The molecule has 4 N–H and O–H groups in total. The van der Waals surface area contributed by atoms with Crippen molar-refractivity contribution in [1.82, 2.24) is 14.8 Å². The standard InChI is InChI=1S/C34H33N5O4/c1-20-24(5-4-6-28(20)37-33(41)21-7-10-23(43-3)11-8-21)25-13-14-27(32(35)40)31-30(25)26-12-9-22(19-29(26)36-31)34(42)39-17-15-38(2)16-18-39/h4-14,19,36H,15-18H2,1-3H3,(H2,35,40)(H,37,41). The molecule has 4 aromatic carbocycles. The molecular formula is C34H33N5O4. The number of hydrogen-bond donors (Lipinski definition) is 3. The van der Waals surface area contributed by atoms with Gasteiger partial charge in [-0.05, 0) is 79.2 Å². The summed E-state index contributed by atoms with van der Waals surface area (Å²) in [5, 5.41) is 4.73. The number of aromatic nitrogens is 1. The SMILES string of the molecule is COc1ccc(C(=O)Nc2cccc(-c3ccc(C(N)=O)c4[nH]c5cc(C(=O)N6CCN(C)CC6)ccc5c34)c2C)cc1. The molecule has 43 heavy (non-hydrogen) atoms. The molecule has 3 amide bonds. The number of hydrogen-bond acceptors (Lipinski definition) is 5. The van der Waals surface area contributed by atoms with Crippen molar-refractivity contribution in [1.29, 1.82) is 0 Å². The number of H-pyrrole nitrogens is 1. The van der Waals surface area contributed by atoms with E-state index in [-0.39, 0.29) is 11.8 Å². The Labute approximate surface area is 249 Å². The highest BCUT2D eigenvalue weighted by Gasteiger charge is 2.23. The van der Waals surface area contributed by atoms with Crippen LogP contribution in [0.25, 0.3) is 32.9 Å². The minimum atomic E-state index is -0.547. The molecule has 0 bridgehead atoms. The second-order valence-electron chi connectivity index (χ2n) is 10.9. The van der Waals surface area contributed by atoms with Crippen LogP contribution in [0.2, 0.25) is 0 Å². The highest BCUT2D eigenvalue weighted by atomic mass is 16.5. The molecule has 1 aliphatic rings. The van der Waals surface area contributed by atoms with Crippen LogP contribution in [-0.4, -0.2) is 72.8 Å². The zero-order valence-corrected chi connectivity index (χ0v) is 24.4. The van der Waals surface area contributed by atoms with Gasteiger partial charge in [-0.15, -0.1) is 0 Å². The van der Waals surface area contributed by atoms with Gasteiger partial charge in [0.1, 0.15) is 5.75 Å². The molecule has 1 aliphatic heterocycles. The summed E-state index contributed by atoms with van der Waals surface area (Å²) in [7, 11) is 3.64. The van der Waals surface area contributed by atoms with Gasteiger partial charge in [0.05, 0.1) is 18.2 Å². The zero-order chi connectivity index (χ0) is 30.2. The van der Waals surface area contributed by atoms with Crippen molar-refractivity contribution in [2.45, 2.75) is 6.92 Å². The van der Waals surface area contributed by atoms with E-state index in [2.05, 4.69) is 22.2 Å². The van der Waals surface area contributed by atoms with Crippen molar-refractivity contribution < 1.29 is 19.1 Å². The quantitative estimate of drug-likeness (QED) is 0.262. The average Bonchev–Trinajstić information content (AvgIpc) is 3.40. The Balaban J connectivity index is 1.41. The molecule has 5 aromatic rings. The van der Waals surface area contributed by atoms with E-state index in [4.69, 9.17) is 10.5 Å². The fourth-order valence-corrected chi connectivity index (χ4v) is 5.77. The number of primary amides is 1. The fourth-order valence-electron chi connectivity index (χ4n) is 5.77. The number of nitrogens with two attached hydrogens (primary N) is 1. The van der Waals surface area contributed by atoms with Gasteiger partial charge < -0.3 is 30.6 Å². The minimum absolute atomic E-state index is 0.0137. The molecular weight excluding hydrogens is 542 g/mol. The smallest absolute Gasteiger partial charge is 0.255 e. The third-order valence-corrected chi connectivity index (χ3v) is 8.28. The Morgan fingerprint density at radius 2 is 1.60 bits per heavy atom. The number of anilines is 1. The van der Waals surface area contributed by atoms with E-state index in [0.29, 0.717) is 46.7 Å².